The minimum atomic E-state index is -0.337. The Labute approximate surface area is 143 Å². The second-order valence-corrected chi connectivity index (χ2v) is 6.37. The highest BCUT2D eigenvalue weighted by Crippen LogP contribution is 2.28. The highest BCUT2D eigenvalue weighted by Gasteiger charge is 2.32. The van der Waals surface area contributed by atoms with Crippen LogP contribution < -0.4 is 0 Å². The van der Waals surface area contributed by atoms with Gasteiger partial charge in [-0.1, -0.05) is 5.16 Å². The van der Waals surface area contributed by atoms with E-state index in [1.54, 1.807) is 30.9 Å². The van der Waals surface area contributed by atoms with Gasteiger partial charge in [0.05, 0.1) is 22.7 Å². The summed E-state index contributed by atoms with van der Waals surface area (Å²) in [5.74, 6) is 0.830. The lowest BCUT2D eigenvalue weighted by Crippen LogP contribution is -2.29. The van der Waals surface area contributed by atoms with Gasteiger partial charge < -0.3 is 9.42 Å². The largest absolute Gasteiger partial charge is 0.339 e. The van der Waals surface area contributed by atoms with Crippen LogP contribution in [-0.4, -0.2) is 39.0 Å². The van der Waals surface area contributed by atoms with Crippen LogP contribution in [0.1, 0.15) is 40.1 Å². The van der Waals surface area contributed by atoms with Gasteiger partial charge in [0.25, 0.3) is 5.91 Å². The van der Waals surface area contributed by atoms with Crippen molar-refractivity contribution in [3.05, 3.63) is 53.1 Å². The topological polar surface area (TPSA) is 72.1 Å². The van der Waals surface area contributed by atoms with Crippen molar-refractivity contribution in [1.82, 2.24) is 20.0 Å². The second-order valence-electron chi connectivity index (χ2n) is 6.37. The molecule has 0 unspecified atom stereocenters. The first-order valence-electron chi connectivity index (χ1n) is 8.17. The van der Waals surface area contributed by atoms with Gasteiger partial charge in [0.2, 0.25) is 5.89 Å². The standard InChI is InChI=1S/C18H17FN4O2/c1-10-15(7-12-3-4-14(19)8-16(12)20-10)18(24)23-6-5-13(9-23)17-21-11(2)22-25-17/h3-4,7-8,13H,5-6,9H2,1-2H3/t13-/m0/s1. The maximum atomic E-state index is 13.3. The summed E-state index contributed by atoms with van der Waals surface area (Å²) < 4.78 is 18.6. The molecule has 0 saturated carbocycles. The molecule has 0 N–H and O–H groups in total. The van der Waals surface area contributed by atoms with Crippen LogP contribution in [0.3, 0.4) is 0 Å². The van der Waals surface area contributed by atoms with E-state index in [0.29, 0.717) is 41.6 Å². The molecule has 0 aliphatic carbocycles. The van der Waals surface area contributed by atoms with E-state index in [2.05, 4.69) is 15.1 Å². The number of halogens is 1. The van der Waals surface area contributed by atoms with E-state index in [1.165, 1.54) is 12.1 Å². The summed E-state index contributed by atoms with van der Waals surface area (Å²) >= 11 is 0. The SMILES string of the molecule is Cc1noc([C@H]2CCN(C(=O)c3cc4ccc(F)cc4nc3C)C2)n1. The van der Waals surface area contributed by atoms with Crippen LogP contribution in [0.25, 0.3) is 10.9 Å². The number of benzene rings is 1. The molecule has 25 heavy (non-hydrogen) atoms. The quantitative estimate of drug-likeness (QED) is 0.717. The Morgan fingerprint density at radius 3 is 2.88 bits per heavy atom. The molecule has 0 bridgehead atoms. The van der Waals surface area contributed by atoms with Gasteiger partial charge >= 0.3 is 0 Å². The van der Waals surface area contributed by atoms with E-state index < -0.39 is 0 Å². The van der Waals surface area contributed by atoms with E-state index in [-0.39, 0.29) is 17.6 Å². The molecule has 1 aromatic carbocycles. The summed E-state index contributed by atoms with van der Waals surface area (Å²) in [5.41, 5.74) is 1.69. The van der Waals surface area contributed by atoms with Crippen molar-refractivity contribution in [2.45, 2.75) is 26.2 Å². The third-order valence-corrected chi connectivity index (χ3v) is 4.57. The van der Waals surface area contributed by atoms with Crippen molar-refractivity contribution in [3.63, 3.8) is 0 Å². The lowest BCUT2D eigenvalue weighted by atomic mass is 10.1. The summed E-state index contributed by atoms with van der Waals surface area (Å²) in [6.07, 6.45) is 0.790. The number of hydrogen-bond acceptors (Lipinski definition) is 5. The van der Waals surface area contributed by atoms with Crippen LogP contribution in [-0.2, 0) is 0 Å². The highest BCUT2D eigenvalue weighted by atomic mass is 19.1. The molecule has 1 saturated heterocycles. The number of hydrogen-bond donors (Lipinski definition) is 0. The Morgan fingerprint density at radius 2 is 2.12 bits per heavy atom. The number of likely N-dealkylation sites (tertiary alicyclic amines) is 1. The molecule has 1 amide bonds. The van der Waals surface area contributed by atoms with Crippen LogP contribution in [0.15, 0.2) is 28.8 Å². The summed E-state index contributed by atoms with van der Waals surface area (Å²) in [6, 6.07) is 6.17. The molecule has 2 aromatic heterocycles. The van der Waals surface area contributed by atoms with Crippen LogP contribution in [0.2, 0.25) is 0 Å². The van der Waals surface area contributed by atoms with Gasteiger partial charge in [0, 0.05) is 24.5 Å². The summed E-state index contributed by atoms with van der Waals surface area (Å²) in [6.45, 7) is 4.72. The van der Waals surface area contributed by atoms with E-state index in [9.17, 15) is 9.18 Å². The molecule has 7 heteroatoms. The van der Waals surface area contributed by atoms with Crippen LogP contribution >= 0.6 is 0 Å². The van der Waals surface area contributed by atoms with Crippen molar-refractivity contribution in [3.8, 4) is 0 Å². The van der Waals surface area contributed by atoms with Gasteiger partial charge in [-0.3, -0.25) is 9.78 Å². The van der Waals surface area contributed by atoms with Crippen molar-refractivity contribution < 1.29 is 13.7 Å². The maximum Gasteiger partial charge on any atom is 0.255 e. The normalized spacial score (nSPS) is 17.4. The number of carbonyl (C=O) groups is 1. The minimum Gasteiger partial charge on any atom is -0.339 e. The van der Waals surface area contributed by atoms with Crippen LogP contribution in [0.5, 0.6) is 0 Å². The van der Waals surface area contributed by atoms with Crippen LogP contribution in [0.4, 0.5) is 4.39 Å². The predicted octanol–water partition coefficient (Wildman–Crippen LogP) is 3.00. The van der Waals surface area contributed by atoms with Gasteiger partial charge in [-0.2, -0.15) is 4.98 Å². The van der Waals surface area contributed by atoms with E-state index in [1.807, 2.05) is 0 Å². The molecule has 1 aliphatic rings. The van der Waals surface area contributed by atoms with E-state index in [4.69, 9.17) is 4.52 Å². The predicted molar refractivity (Wildman–Crippen MR) is 88.7 cm³/mol. The average molecular weight is 340 g/mol. The Morgan fingerprint density at radius 1 is 1.28 bits per heavy atom. The molecular formula is C18H17FN4O2. The maximum absolute atomic E-state index is 13.3. The summed E-state index contributed by atoms with van der Waals surface area (Å²) in [5, 5.41) is 4.56. The molecule has 0 radical (unpaired) electrons. The molecular weight excluding hydrogens is 323 g/mol. The van der Waals surface area contributed by atoms with Crippen molar-refractivity contribution in [2.75, 3.05) is 13.1 Å². The number of carbonyl (C=O) groups excluding carboxylic acids is 1. The third-order valence-electron chi connectivity index (χ3n) is 4.57. The minimum absolute atomic E-state index is 0.0629. The molecule has 0 spiro atoms. The lowest BCUT2D eigenvalue weighted by molar-refractivity contribution is 0.0788. The second kappa shape index (κ2) is 5.91. The molecule has 4 rings (SSSR count). The number of nitrogens with zero attached hydrogens (tertiary/aromatic N) is 4. The number of fused-ring (bicyclic) bond motifs is 1. The summed E-state index contributed by atoms with van der Waals surface area (Å²) in [4.78, 5) is 23.3. The van der Waals surface area contributed by atoms with Gasteiger partial charge in [-0.05, 0) is 38.5 Å². The lowest BCUT2D eigenvalue weighted by Gasteiger charge is -2.17. The molecule has 1 atom stereocenters. The zero-order chi connectivity index (χ0) is 17.6. The fourth-order valence-electron chi connectivity index (χ4n) is 3.25. The first kappa shape index (κ1) is 15.7. The van der Waals surface area contributed by atoms with Gasteiger partial charge in [-0.15, -0.1) is 0 Å². The molecule has 3 aromatic rings. The van der Waals surface area contributed by atoms with Gasteiger partial charge in [-0.25, -0.2) is 4.39 Å². The fourth-order valence-corrected chi connectivity index (χ4v) is 3.25. The molecule has 1 aliphatic heterocycles. The molecule has 3 heterocycles. The highest BCUT2D eigenvalue weighted by molar-refractivity contribution is 5.98. The Kier molecular flexibility index (Phi) is 3.71. The zero-order valence-corrected chi connectivity index (χ0v) is 14.0. The monoisotopic (exact) mass is 340 g/mol. The Balaban J connectivity index is 1.60. The van der Waals surface area contributed by atoms with Crippen molar-refractivity contribution in [2.24, 2.45) is 0 Å². The smallest absolute Gasteiger partial charge is 0.255 e. The Bertz CT molecular complexity index is 969. The number of aromatic nitrogens is 3. The number of pyridine rings is 1. The fraction of sp³-hybridized carbons (Fsp3) is 0.333. The molecule has 1 fully saturated rings. The third kappa shape index (κ3) is 2.86. The number of amides is 1. The first-order chi connectivity index (χ1) is 12.0. The molecule has 128 valence electrons. The van der Waals surface area contributed by atoms with E-state index >= 15 is 0 Å². The average Bonchev–Trinajstić information content (AvgIpc) is 3.22. The van der Waals surface area contributed by atoms with Gasteiger partial charge in [0.1, 0.15) is 5.82 Å². The van der Waals surface area contributed by atoms with Gasteiger partial charge in [0.15, 0.2) is 5.82 Å². The molecule has 6 nitrogen and oxygen atoms in total. The van der Waals surface area contributed by atoms with Crippen molar-refractivity contribution in [1.29, 1.82) is 0 Å². The zero-order valence-electron chi connectivity index (χ0n) is 14.0. The summed E-state index contributed by atoms with van der Waals surface area (Å²) in [7, 11) is 0. The van der Waals surface area contributed by atoms with Crippen molar-refractivity contribution >= 4 is 16.8 Å². The number of rotatable bonds is 2. The Hall–Kier alpha value is -2.83. The van der Waals surface area contributed by atoms with E-state index in [0.717, 1.165) is 11.8 Å². The first-order valence-corrected chi connectivity index (χ1v) is 8.17. The van der Waals surface area contributed by atoms with Crippen LogP contribution in [0, 0.1) is 19.7 Å². The number of aryl methyl sites for hydroxylation is 2.